The molecule has 3 rings (SSSR count). The number of ether oxygens (including phenoxy) is 1. The lowest BCUT2D eigenvalue weighted by Crippen LogP contribution is -2.44. The molecular weight excluding hydrogens is 351 g/mol. The van der Waals surface area contributed by atoms with E-state index >= 15 is 0 Å². The molecule has 0 amide bonds. The van der Waals surface area contributed by atoms with Crippen LogP contribution in [0.25, 0.3) is 11.0 Å². The molecule has 7 heteroatoms. The molecule has 1 aliphatic heterocycles. The van der Waals surface area contributed by atoms with Gasteiger partial charge < -0.3 is 14.1 Å². The summed E-state index contributed by atoms with van der Waals surface area (Å²) in [5.74, 6) is -0.0233. The van der Waals surface area contributed by atoms with Crippen LogP contribution in [0.1, 0.15) is 23.0 Å². The summed E-state index contributed by atoms with van der Waals surface area (Å²) in [7, 11) is 2.13. The van der Waals surface area contributed by atoms with Gasteiger partial charge >= 0.3 is 5.97 Å². The van der Waals surface area contributed by atoms with Crippen molar-refractivity contribution in [3.8, 4) is 0 Å². The molecule has 0 N–H and O–H groups in total. The van der Waals surface area contributed by atoms with Crippen molar-refractivity contribution in [1.29, 1.82) is 0 Å². The van der Waals surface area contributed by atoms with E-state index in [2.05, 4.69) is 16.8 Å². The maximum Gasteiger partial charge on any atom is 0.374 e. The van der Waals surface area contributed by atoms with Crippen molar-refractivity contribution in [3.63, 3.8) is 0 Å². The van der Waals surface area contributed by atoms with Crippen molar-refractivity contribution in [2.24, 2.45) is 0 Å². The smallest absolute Gasteiger partial charge is 0.374 e. The third-order valence-corrected chi connectivity index (χ3v) is 4.14. The van der Waals surface area contributed by atoms with Crippen LogP contribution in [-0.4, -0.2) is 55.6 Å². The van der Waals surface area contributed by atoms with E-state index in [4.69, 9.17) is 9.15 Å². The molecule has 0 saturated carbocycles. The van der Waals surface area contributed by atoms with Gasteiger partial charge in [0.15, 0.2) is 0 Å². The number of fused-ring (bicyclic) bond motifs is 1. The lowest BCUT2D eigenvalue weighted by Gasteiger charge is -2.32. The molecule has 2 heterocycles. The van der Waals surface area contributed by atoms with Gasteiger partial charge in [0.05, 0.1) is 6.61 Å². The number of hydrogen-bond acceptors (Lipinski definition) is 5. The highest BCUT2D eigenvalue weighted by atomic mass is 35.5. The van der Waals surface area contributed by atoms with E-state index < -0.39 is 0 Å². The largest absolute Gasteiger partial charge is 0.460 e. The van der Waals surface area contributed by atoms with Crippen LogP contribution in [-0.2, 0) is 11.3 Å². The first-order valence-corrected chi connectivity index (χ1v) is 7.77. The Balaban J connectivity index is 0.00000144. The Morgan fingerprint density at radius 2 is 1.83 bits per heavy atom. The predicted octanol–water partition coefficient (Wildman–Crippen LogP) is 3.20. The number of piperazine rings is 1. The fourth-order valence-electron chi connectivity index (χ4n) is 2.85. The maximum absolute atomic E-state index is 12.2. The van der Waals surface area contributed by atoms with E-state index in [9.17, 15) is 4.79 Å². The molecule has 1 aromatic heterocycles. The van der Waals surface area contributed by atoms with Gasteiger partial charge in [-0.3, -0.25) is 4.90 Å². The summed E-state index contributed by atoms with van der Waals surface area (Å²) in [6, 6.07) is 7.79. The minimum atomic E-state index is -0.372. The summed E-state index contributed by atoms with van der Waals surface area (Å²) in [5.41, 5.74) is 1.69. The van der Waals surface area contributed by atoms with Gasteiger partial charge in [0, 0.05) is 43.7 Å². The van der Waals surface area contributed by atoms with Crippen molar-refractivity contribution < 1.29 is 13.9 Å². The molecule has 1 saturated heterocycles. The molecule has 0 aliphatic carbocycles. The number of likely N-dealkylation sites (N-methyl/N-ethyl adjacent to an activating group) is 1. The van der Waals surface area contributed by atoms with Crippen LogP contribution in [0.2, 0.25) is 0 Å². The number of rotatable bonds is 4. The summed E-state index contributed by atoms with van der Waals surface area (Å²) in [6.07, 6.45) is 0. The van der Waals surface area contributed by atoms with E-state index in [1.165, 1.54) is 0 Å². The number of nitrogens with zero attached hydrogens (tertiary/aromatic N) is 2. The molecule has 24 heavy (non-hydrogen) atoms. The average molecular weight is 375 g/mol. The quantitative estimate of drug-likeness (QED) is 0.768. The van der Waals surface area contributed by atoms with E-state index in [1.807, 2.05) is 24.3 Å². The molecule has 0 unspecified atom stereocenters. The lowest BCUT2D eigenvalue weighted by molar-refractivity contribution is 0.0488. The molecule has 0 atom stereocenters. The Bertz CT molecular complexity index is 667. The summed E-state index contributed by atoms with van der Waals surface area (Å²) in [5, 5.41) is 1.00. The van der Waals surface area contributed by atoms with Crippen LogP contribution in [0.3, 0.4) is 0 Å². The second kappa shape index (κ2) is 9.28. The normalized spacial score (nSPS) is 15.6. The summed E-state index contributed by atoms with van der Waals surface area (Å²) < 4.78 is 10.9. The molecule has 5 nitrogen and oxygen atoms in total. The van der Waals surface area contributed by atoms with E-state index in [-0.39, 0.29) is 30.8 Å². The molecule has 2 aromatic rings. The van der Waals surface area contributed by atoms with Gasteiger partial charge in [-0.15, -0.1) is 24.8 Å². The number of furan rings is 1. The summed E-state index contributed by atoms with van der Waals surface area (Å²) in [6.45, 7) is 6.97. The van der Waals surface area contributed by atoms with Gasteiger partial charge in [-0.05, 0) is 20.0 Å². The first-order chi connectivity index (χ1) is 10.7. The molecule has 1 aliphatic rings. The first kappa shape index (κ1) is 20.8. The second-order valence-corrected chi connectivity index (χ2v) is 5.71. The van der Waals surface area contributed by atoms with Crippen molar-refractivity contribution in [1.82, 2.24) is 9.80 Å². The second-order valence-electron chi connectivity index (χ2n) is 5.71. The van der Waals surface area contributed by atoms with Gasteiger partial charge in [-0.2, -0.15) is 0 Å². The Kier molecular flexibility index (Phi) is 8.03. The molecule has 0 spiro atoms. The summed E-state index contributed by atoms with van der Waals surface area (Å²) >= 11 is 0. The fourth-order valence-corrected chi connectivity index (χ4v) is 2.85. The van der Waals surface area contributed by atoms with Crippen molar-refractivity contribution >= 4 is 41.8 Å². The number of halogens is 2. The van der Waals surface area contributed by atoms with Crippen LogP contribution in [0, 0.1) is 0 Å². The predicted molar refractivity (Wildman–Crippen MR) is 99.4 cm³/mol. The zero-order valence-corrected chi connectivity index (χ0v) is 15.6. The van der Waals surface area contributed by atoms with Crippen molar-refractivity contribution in [2.75, 3.05) is 39.8 Å². The zero-order valence-electron chi connectivity index (χ0n) is 14.0. The Morgan fingerprint density at radius 1 is 1.17 bits per heavy atom. The van der Waals surface area contributed by atoms with Gasteiger partial charge in [-0.25, -0.2) is 4.79 Å². The maximum atomic E-state index is 12.2. The third kappa shape index (κ3) is 4.42. The minimum Gasteiger partial charge on any atom is -0.460 e. The number of hydrogen-bond donors (Lipinski definition) is 0. The van der Waals surface area contributed by atoms with Crippen LogP contribution in [0.15, 0.2) is 28.7 Å². The number of esters is 1. The topological polar surface area (TPSA) is 45.9 Å². The molecule has 0 bridgehead atoms. The van der Waals surface area contributed by atoms with Crippen molar-refractivity contribution in [3.05, 3.63) is 35.6 Å². The monoisotopic (exact) mass is 374 g/mol. The van der Waals surface area contributed by atoms with E-state index in [0.29, 0.717) is 12.4 Å². The number of carbonyl (C=O) groups is 1. The van der Waals surface area contributed by atoms with Gasteiger partial charge in [-0.1, -0.05) is 18.2 Å². The van der Waals surface area contributed by atoms with E-state index in [1.54, 1.807) is 6.92 Å². The molecule has 1 aromatic carbocycles. The van der Waals surface area contributed by atoms with Gasteiger partial charge in [0.25, 0.3) is 0 Å². The average Bonchev–Trinajstić information content (AvgIpc) is 2.89. The lowest BCUT2D eigenvalue weighted by atomic mass is 10.1. The standard InChI is InChI=1S/C17H22N2O3.2ClH/c1-3-21-17(20)16-14(12-19-10-8-18(2)9-11-19)13-6-4-5-7-15(13)22-16;;/h4-7H,3,8-12H2,1-2H3;2*1H. The molecule has 1 fully saturated rings. The Morgan fingerprint density at radius 3 is 2.50 bits per heavy atom. The Labute approximate surface area is 154 Å². The van der Waals surface area contributed by atoms with Crippen molar-refractivity contribution in [2.45, 2.75) is 13.5 Å². The Hall–Kier alpha value is -1.27. The van der Waals surface area contributed by atoms with Gasteiger partial charge in [0.2, 0.25) is 5.76 Å². The molecule has 0 radical (unpaired) electrons. The molecule has 134 valence electrons. The third-order valence-electron chi connectivity index (χ3n) is 4.14. The number of para-hydroxylation sites is 1. The van der Waals surface area contributed by atoms with Crippen LogP contribution >= 0.6 is 24.8 Å². The first-order valence-electron chi connectivity index (χ1n) is 7.77. The zero-order chi connectivity index (χ0) is 15.5. The summed E-state index contributed by atoms with van der Waals surface area (Å²) in [4.78, 5) is 16.9. The van der Waals surface area contributed by atoms with Crippen LogP contribution in [0.4, 0.5) is 0 Å². The highest BCUT2D eigenvalue weighted by molar-refractivity contribution is 5.96. The fraction of sp³-hybridized carbons (Fsp3) is 0.471. The highest BCUT2D eigenvalue weighted by Gasteiger charge is 2.24. The number of carbonyl (C=O) groups excluding carboxylic acids is 1. The minimum absolute atomic E-state index is 0. The van der Waals surface area contributed by atoms with E-state index in [0.717, 1.165) is 49.3 Å². The molecular formula is C17H24Cl2N2O3. The van der Waals surface area contributed by atoms with Crippen LogP contribution in [0.5, 0.6) is 0 Å². The van der Waals surface area contributed by atoms with Crippen LogP contribution < -0.4 is 0 Å². The highest BCUT2D eigenvalue weighted by Crippen LogP contribution is 2.28. The number of benzene rings is 1. The SMILES string of the molecule is CCOC(=O)c1oc2ccccc2c1CN1CCN(C)CC1.Cl.Cl. The van der Waals surface area contributed by atoms with Gasteiger partial charge in [0.1, 0.15) is 5.58 Å².